The van der Waals surface area contributed by atoms with Gasteiger partial charge in [0.2, 0.25) is 11.8 Å². The molecule has 234 valence electrons. The molecule has 2 atom stereocenters. The number of fused-ring (bicyclic) bond motifs is 3. The van der Waals surface area contributed by atoms with E-state index in [1.54, 1.807) is 25.3 Å². The zero-order chi connectivity index (χ0) is 31.9. The Morgan fingerprint density at radius 3 is 2.60 bits per heavy atom. The van der Waals surface area contributed by atoms with Gasteiger partial charge in [-0.05, 0) is 31.4 Å². The van der Waals surface area contributed by atoms with Crippen molar-refractivity contribution < 1.29 is 23.7 Å². The highest BCUT2D eigenvalue weighted by molar-refractivity contribution is 5.96. The SMILES string of the molecule is CC(C)C[C@H]1NC(=O)c2cc(on2)CN(C(=O)c2cccnc2)CCNC(=O)Cn2nc(-c3ccccc3)nc2[C@H](C)NC1=O. The molecular formula is C31H35N9O5. The van der Waals surface area contributed by atoms with Crippen molar-refractivity contribution in [1.82, 2.24) is 45.8 Å². The molecule has 5 rings (SSSR count). The summed E-state index contributed by atoms with van der Waals surface area (Å²) in [6.45, 7) is 5.67. The monoisotopic (exact) mass is 613 g/mol. The smallest absolute Gasteiger partial charge is 0.274 e. The fourth-order valence-electron chi connectivity index (χ4n) is 4.94. The highest BCUT2D eigenvalue weighted by atomic mass is 16.5. The molecule has 0 fully saturated rings. The van der Waals surface area contributed by atoms with Gasteiger partial charge in [0, 0.05) is 37.1 Å². The molecule has 4 heterocycles. The summed E-state index contributed by atoms with van der Waals surface area (Å²) < 4.78 is 6.85. The van der Waals surface area contributed by atoms with Crippen LogP contribution in [0.15, 0.2) is 65.4 Å². The van der Waals surface area contributed by atoms with Crippen LogP contribution in [0.4, 0.5) is 0 Å². The topological polar surface area (TPSA) is 177 Å². The number of hydrogen-bond acceptors (Lipinski definition) is 9. The number of aromatic nitrogens is 5. The van der Waals surface area contributed by atoms with Gasteiger partial charge in [0.1, 0.15) is 18.4 Å². The van der Waals surface area contributed by atoms with Crippen LogP contribution in [-0.4, -0.2) is 72.6 Å². The molecule has 0 radical (unpaired) electrons. The normalized spacial score (nSPS) is 18.3. The van der Waals surface area contributed by atoms with Gasteiger partial charge in [-0.2, -0.15) is 5.10 Å². The first kappa shape index (κ1) is 31.0. The van der Waals surface area contributed by atoms with E-state index in [4.69, 9.17) is 4.52 Å². The van der Waals surface area contributed by atoms with Crippen LogP contribution in [0.2, 0.25) is 0 Å². The number of carbonyl (C=O) groups is 4. The van der Waals surface area contributed by atoms with Crippen molar-refractivity contribution in [2.24, 2.45) is 5.92 Å². The first-order valence-electron chi connectivity index (χ1n) is 14.7. The largest absolute Gasteiger partial charge is 0.359 e. The van der Waals surface area contributed by atoms with E-state index in [1.165, 1.54) is 21.8 Å². The van der Waals surface area contributed by atoms with Crippen molar-refractivity contribution in [1.29, 1.82) is 0 Å². The Hall–Kier alpha value is -5.40. The van der Waals surface area contributed by atoms with Crippen LogP contribution < -0.4 is 16.0 Å². The average Bonchev–Trinajstić information content (AvgIpc) is 3.68. The third-order valence-corrected chi connectivity index (χ3v) is 7.14. The van der Waals surface area contributed by atoms with Crippen LogP contribution in [0, 0.1) is 5.92 Å². The number of amides is 4. The Bertz CT molecular complexity index is 1650. The van der Waals surface area contributed by atoms with Gasteiger partial charge in [0.05, 0.1) is 18.2 Å². The van der Waals surface area contributed by atoms with Crippen LogP contribution in [0.1, 0.15) is 65.7 Å². The quantitative estimate of drug-likeness (QED) is 0.311. The van der Waals surface area contributed by atoms with Crippen LogP contribution in [-0.2, 0) is 22.7 Å². The minimum absolute atomic E-state index is 0.0229. The van der Waals surface area contributed by atoms with E-state index >= 15 is 0 Å². The molecule has 14 heteroatoms. The van der Waals surface area contributed by atoms with E-state index < -0.39 is 23.9 Å². The van der Waals surface area contributed by atoms with Crippen LogP contribution in [0.5, 0.6) is 0 Å². The Morgan fingerprint density at radius 1 is 1.07 bits per heavy atom. The summed E-state index contributed by atoms with van der Waals surface area (Å²) in [5.74, 6) is -0.636. The van der Waals surface area contributed by atoms with Crippen molar-refractivity contribution in [3.8, 4) is 11.4 Å². The molecule has 0 spiro atoms. The third-order valence-electron chi connectivity index (χ3n) is 7.14. The van der Waals surface area contributed by atoms with Gasteiger partial charge in [-0.25, -0.2) is 9.67 Å². The molecule has 0 saturated heterocycles. The van der Waals surface area contributed by atoms with Gasteiger partial charge >= 0.3 is 0 Å². The molecule has 0 saturated carbocycles. The predicted molar refractivity (Wildman–Crippen MR) is 161 cm³/mol. The first-order valence-corrected chi connectivity index (χ1v) is 14.7. The number of benzene rings is 1. The Kier molecular flexibility index (Phi) is 9.61. The molecule has 3 N–H and O–H groups in total. The fourth-order valence-corrected chi connectivity index (χ4v) is 4.94. The minimum Gasteiger partial charge on any atom is -0.359 e. The van der Waals surface area contributed by atoms with Crippen molar-refractivity contribution in [2.75, 3.05) is 13.1 Å². The van der Waals surface area contributed by atoms with Gasteiger partial charge in [-0.1, -0.05) is 49.3 Å². The highest BCUT2D eigenvalue weighted by Crippen LogP contribution is 2.20. The number of carbonyl (C=O) groups excluding carboxylic acids is 4. The standard InChI is InChI=1S/C31H35N9O5/c1-19(2)14-24-29(42)34-20(3)28-36-27(21-8-5-4-6-9-21)37-40(28)18-26(41)33-12-13-39(31(44)22-10-7-11-32-16-22)17-23-15-25(38-45-23)30(43)35-24/h4-11,15-16,19-20,24H,12-14,17-18H2,1-3H3,(H,33,41)(H,34,42)(H,35,43)/t20-,24+/m0/s1. The first-order chi connectivity index (χ1) is 21.7. The van der Waals surface area contributed by atoms with E-state index in [0.29, 0.717) is 23.6 Å². The molecule has 14 nitrogen and oxygen atoms in total. The molecule has 0 unspecified atom stereocenters. The Balaban J connectivity index is 1.48. The molecule has 1 aliphatic rings. The number of pyridine rings is 1. The number of rotatable bonds is 4. The zero-order valence-electron chi connectivity index (χ0n) is 25.3. The van der Waals surface area contributed by atoms with Crippen molar-refractivity contribution in [3.05, 3.63) is 83.8 Å². The maximum absolute atomic E-state index is 13.5. The van der Waals surface area contributed by atoms with Crippen molar-refractivity contribution >= 4 is 23.6 Å². The summed E-state index contributed by atoms with van der Waals surface area (Å²) in [5, 5.41) is 17.0. The second-order valence-electron chi connectivity index (χ2n) is 11.2. The second-order valence-corrected chi connectivity index (χ2v) is 11.2. The van der Waals surface area contributed by atoms with Gasteiger partial charge in [-0.3, -0.25) is 24.2 Å². The lowest BCUT2D eigenvalue weighted by Crippen LogP contribution is -2.48. The summed E-state index contributed by atoms with van der Waals surface area (Å²) in [6, 6.07) is 12.5. The lowest BCUT2D eigenvalue weighted by atomic mass is 10.0. The van der Waals surface area contributed by atoms with Crippen LogP contribution in [0.25, 0.3) is 11.4 Å². The van der Waals surface area contributed by atoms with Gasteiger partial charge < -0.3 is 25.4 Å². The fraction of sp³-hybridized carbons (Fsp3) is 0.355. The molecule has 1 aliphatic heterocycles. The lowest BCUT2D eigenvalue weighted by molar-refractivity contribution is -0.124. The van der Waals surface area contributed by atoms with Gasteiger partial charge in [0.25, 0.3) is 11.8 Å². The molecule has 2 bridgehead atoms. The number of hydrogen-bond donors (Lipinski definition) is 3. The number of nitrogens with zero attached hydrogens (tertiary/aromatic N) is 6. The summed E-state index contributed by atoms with van der Waals surface area (Å²) in [7, 11) is 0. The molecule has 4 amide bonds. The van der Waals surface area contributed by atoms with E-state index in [1.807, 2.05) is 44.2 Å². The van der Waals surface area contributed by atoms with E-state index in [9.17, 15) is 19.2 Å². The lowest BCUT2D eigenvalue weighted by Gasteiger charge is -2.23. The summed E-state index contributed by atoms with van der Waals surface area (Å²) in [6.07, 6.45) is 3.36. The van der Waals surface area contributed by atoms with Crippen molar-refractivity contribution in [2.45, 2.75) is 52.4 Å². The minimum atomic E-state index is -0.893. The average molecular weight is 614 g/mol. The highest BCUT2D eigenvalue weighted by Gasteiger charge is 2.28. The third kappa shape index (κ3) is 7.77. The zero-order valence-corrected chi connectivity index (χ0v) is 25.3. The van der Waals surface area contributed by atoms with E-state index in [-0.39, 0.29) is 55.4 Å². The molecule has 45 heavy (non-hydrogen) atoms. The Labute approximate surface area is 259 Å². The maximum Gasteiger partial charge on any atom is 0.274 e. The molecule has 3 aromatic heterocycles. The molecular weight excluding hydrogens is 578 g/mol. The number of nitrogens with one attached hydrogen (secondary N) is 3. The maximum atomic E-state index is 13.5. The van der Waals surface area contributed by atoms with Gasteiger partial charge in [-0.15, -0.1) is 0 Å². The van der Waals surface area contributed by atoms with Gasteiger partial charge in [0.15, 0.2) is 17.3 Å². The molecule has 0 aliphatic carbocycles. The summed E-state index contributed by atoms with van der Waals surface area (Å²) in [5.41, 5.74) is 1.06. The Morgan fingerprint density at radius 2 is 1.87 bits per heavy atom. The predicted octanol–water partition coefficient (Wildman–Crippen LogP) is 2.12. The van der Waals surface area contributed by atoms with Crippen LogP contribution >= 0.6 is 0 Å². The summed E-state index contributed by atoms with van der Waals surface area (Å²) in [4.78, 5) is 63.4. The van der Waals surface area contributed by atoms with Crippen LogP contribution in [0.3, 0.4) is 0 Å². The van der Waals surface area contributed by atoms with Crippen molar-refractivity contribution in [3.63, 3.8) is 0 Å². The van der Waals surface area contributed by atoms with E-state index in [2.05, 4.69) is 36.2 Å². The second kappa shape index (κ2) is 13.9. The summed E-state index contributed by atoms with van der Waals surface area (Å²) >= 11 is 0. The molecule has 1 aromatic carbocycles. The molecule has 4 aromatic rings. The van der Waals surface area contributed by atoms with E-state index in [0.717, 1.165) is 5.56 Å².